The maximum Gasteiger partial charge on any atom is 0.416 e. The van der Waals surface area contributed by atoms with Gasteiger partial charge in [0.15, 0.2) is 0 Å². The molecule has 1 heterocycles. The lowest BCUT2D eigenvalue weighted by Gasteiger charge is -2.12. The monoisotopic (exact) mass is 301 g/mol. The number of anilines is 2. The number of nitrogens with zero attached hydrogens (tertiary/aromatic N) is 1. The van der Waals surface area contributed by atoms with Gasteiger partial charge >= 0.3 is 6.18 Å². The average molecular weight is 301 g/mol. The zero-order chi connectivity index (χ0) is 15.7. The molecule has 1 radical (unpaired) electrons. The van der Waals surface area contributed by atoms with Crippen molar-refractivity contribution in [2.24, 2.45) is 0 Å². The summed E-state index contributed by atoms with van der Waals surface area (Å²) in [6.07, 6.45) is -2.85. The normalized spacial score (nSPS) is 11.6. The number of nitrogens with one attached hydrogen (secondary N) is 1. The van der Waals surface area contributed by atoms with Crippen molar-refractivity contribution in [1.82, 2.24) is 4.98 Å². The van der Waals surface area contributed by atoms with Crippen molar-refractivity contribution in [3.63, 3.8) is 0 Å². The molecule has 0 unspecified atom stereocenters. The van der Waals surface area contributed by atoms with Gasteiger partial charge in [-0.2, -0.15) is 13.2 Å². The number of halogens is 3. The van der Waals surface area contributed by atoms with Crippen molar-refractivity contribution in [1.29, 1.82) is 0 Å². The van der Waals surface area contributed by atoms with Crippen LogP contribution in [0.2, 0.25) is 0 Å². The van der Waals surface area contributed by atoms with Crippen LogP contribution in [0.25, 0.3) is 10.8 Å². The third-order valence-electron chi connectivity index (χ3n) is 3.38. The lowest BCUT2D eigenvalue weighted by atomic mass is 10.1. The molecule has 111 valence electrons. The highest BCUT2D eigenvalue weighted by Crippen LogP contribution is 2.32. The van der Waals surface area contributed by atoms with E-state index in [4.69, 9.17) is 0 Å². The van der Waals surface area contributed by atoms with Gasteiger partial charge in [0.1, 0.15) is 5.82 Å². The summed E-state index contributed by atoms with van der Waals surface area (Å²) >= 11 is 0. The Hall–Kier alpha value is -2.56. The van der Waals surface area contributed by atoms with Crippen molar-refractivity contribution in [2.75, 3.05) is 5.32 Å². The standard InChI is InChI=1S/C17H12F3N2/c1-11-4-2-7-15-14(11)8-9-21-16(15)22-13-6-3-5-12(10-13)17(18,19)20/h2-7,9-10H,1H3,(H,21,22). The molecule has 0 bridgehead atoms. The Labute approximate surface area is 125 Å². The number of rotatable bonds is 2. The lowest BCUT2D eigenvalue weighted by molar-refractivity contribution is -0.137. The summed E-state index contributed by atoms with van der Waals surface area (Å²) in [5, 5.41) is 4.67. The Morgan fingerprint density at radius 2 is 1.86 bits per heavy atom. The summed E-state index contributed by atoms with van der Waals surface area (Å²) in [6.45, 7) is 1.95. The molecule has 3 rings (SSSR count). The first-order valence-electron chi connectivity index (χ1n) is 6.65. The number of hydrogen-bond donors (Lipinski definition) is 1. The summed E-state index contributed by atoms with van der Waals surface area (Å²) in [4.78, 5) is 4.19. The van der Waals surface area contributed by atoms with Crippen molar-refractivity contribution >= 4 is 22.3 Å². The van der Waals surface area contributed by atoms with Crippen LogP contribution in [0.15, 0.2) is 48.7 Å². The highest BCUT2D eigenvalue weighted by molar-refractivity contribution is 5.94. The molecule has 2 nitrogen and oxygen atoms in total. The minimum absolute atomic E-state index is 0.344. The Balaban J connectivity index is 2.02. The second-order valence-corrected chi connectivity index (χ2v) is 4.95. The van der Waals surface area contributed by atoms with Gasteiger partial charge in [-0.15, -0.1) is 0 Å². The molecule has 0 saturated carbocycles. The number of hydrogen-bond acceptors (Lipinski definition) is 2. The van der Waals surface area contributed by atoms with Crippen LogP contribution in [0.4, 0.5) is 24.7 Å². The molecule has 2 aromatic carbocycles. The predicted octanol–water partition coefficient (Wildman–Crippen LogP) is 5.11. The Bertz CT molecular complexity index is 825. The Kier molecular flexibility index (Phi) is 3.48. The number of aromatic nitrogens is 1. The van der Waals surface area contributed by atoms with Crippen molar-refractivity contribution in [3.8, 4) is 0 Å². The number of fused-ring (bicyclic) bond motifs is 1. The summed E-state index contributed by atoms with van der Waals surface area (Å²) in [5.41, 5.74) is 0.684. The van der Waals surface area contributed by atoms with Crippen LogP contribution in [0.5, 0.6) is 0 Å². The molecule has 0 amide bonds. The third-order valence-corrected chi connectivity index (χ3v) is 3.38. The second-order valence-electron chi connectivity index (χ2n) is 4.95. The molecule has 22 heavy (non-hydrogen) atoms. The number of aryl methyl sites for hydroxylation is 1. The van der Waals surface area contributed by atoms with Crippen molar-refractivity contribution < 1.29 is 13.2 Å². The van der Waals surface area contributed by atoms with E-state index in [9.17, 15) is 13.2 Å². The molecule has 1 N–H and O–H groups in total. The molecular formula is C17H12F3N2. The molecule has 0 aliphatic rings. The van der Waals surface area contributed by atoms with Gasteiger partial charge in [0.25, 0.3) is 0 Å². The van der Waals surface area contributed by atoms with Gasteiger partial charge in [-0.3, -0.25) is 0 Å². The molecule has 0 spiro atoms. The molecule has 5 heteroatoms. The zero-order valence-corrected chi connectivity index (χ0v) is 11.7. The molecule has 0 aliphatic carbocycles. The summed E-state index contributed by atoms with van der Waals surface area (Å²) in [6, 6.07) is 13.8. The molecule has 0 aliphatic heterocycles. The minimum Gasteiger partial charge on any atom is -0.340 e. The lowest BCUT2D eigenvalue weighted by Crippen LogP contribution is -2.05. The minimum atomic E-state index is -4.37. The summed E-state index contributed by atoms with van der Waals surface area (Å²) < 4.78 is 38.3. The van der Waals surface area contributed by atoms with E-state index >= 15 is 0 Å². The van der Waals surface area contributed by atoms with Gasteiger partial charge in [0, 0.05) is 23.3 Å². The Morgan fingerprint density at radius 3 is 2.64 bits per heavy atom. The van der Waals surface area contributed by atoms with E-state index in [1.54, 1.807) is 6.07 Å². The van der Waals surface area contributed by atoms with E-state index in [2.05, 4.69) is 16.4 Å². The van der Waals surface area contributed by atoms with Gasteiger partial charge in [0.05, 0.1) is 5.56 Å². The van der Waals surface area contributed by atoms with E-state index in [1.807, 2.05) is 25.1 Å². The fraction of sp³-hybridized carbons (Fsp3) is 0.118. The van der Waals surface area contributed by atoms with Gasteiger partial charge in [-0.25, -0.2) is 4.98 Å². The maximum absolute atomic E-state index is 12.8. The van der Waals surface area contributed by atoms with Crippen LogP contribution in [0.1, 0.15) is 11.1 Å². The predicted molar refractivity (Wildman–Crippen MR) is 80.0 cm³/mol. The molecule has 0 saturated heterocycles. The highest BCUT2D eigenvalue weighted by Gasteiger charge is 2.30. The molecule has 0 fully saturated rings. The molecular weight excluding hydrogens is 289 g/mol. The fourth-order valence-electron chi connectivity index (χ4n) is 2.30. The van der Waals surface area contributed by atoms with Crippen LogP contribution < -0.4 is 5.32 Å². The SMILES string of the molecule is Cc1cccc2c(Nc3cccc(C(F)(F)F)c3)nc[c]c12. The maximum atomic E-state index is 12.8. The van der Waals surface area contributed by atoms with Crippen LogP contribution in [0, 0.1) is 13.0 Å². The summed E-state index contributed by atoms with van der Waals surface area (Å²) in [7, 11) is 0. The van der Waals surface area contributed by atoms with Gasteiger partial charge in [-0.05, 0) is 36.1 Å². The third kappa shape index (κ3) is 2.74. The van der Waals surface area contributed by atoms with E-state index in [0.29, 0.717) is 11.5 Å². The van der Waals surface area contributed by atoms with E-state index < -0.39 is 11.7 Å². The largest absolute Gasteiger partial charge is 0.416 e. The number of alkyl halides is 3. The van der Waals surface area contributed by atoms with E-state index in [-0.39, 0.29) is 0 Å². The molecule has 3 aromatic rings. The van der Waals surface area contributed by atoms with Crippen molar-refractivity contribution in [3.05, 3.63) is 65.9 Å². The zero-order valence-electron chi connectivity index (χ0n) is 11.7. The first-order valence-corrected chi connectivity index (χ1v) is 6.65. The average Bonchev–Trinajstić information content (AvgIpc) is 2.48. The first kappa shape index (κ1) is 14.4. The topological polar surface area (TPSA) is 24.9 Å². The molecule has 0 atom stereocenters. The van der Waals surface area contributed by atoms with Crippen molar-refractivity contribution in [2.45, 2.75) is 13.1 Å². The first-order chi connectivity index (χ1) is 10.4. The quantitative estimate of drug-likeness (QED) is 0.712. The van der Waals surface area contributed by atoms with Gasteiger partial charge in [0.2, 0.25) is 0 Å². The Morgan fingerprint density at radius 1 is 1.09 bits per heavy atom. The summed E-state index contributed by atoms with van der Waals surface area (Å²) in [5.74, 6) is 0.511. The number of pyridine rings is 1. The number of benzene rings is 2. The molecule has 1 aromatic heterocycles. The van der Waals surface area contributed by atoms with E-state index in [0.717, 1.165) is 28.5 Å². The highest BCUT2D eigenvalue weighted by atomic mass is 19.4. The van der Waals surface area contributed by atoms with Crippen LogP contribution in [-0.2, 0) is 6.18 Å². The van der Waals surface area contributed by atoms with Gasteiger partial charge in [-0.1, -0.05) is 24.3 Å². The smallest absolute Gasteiger partial charge is 0.340 e. The van der Waals surface area contributed by atoms with Crippen LogP contribution >= 0.6 is 0 Å². The van der Waals surface area contributed by atoms with Gasteiger partial charge < -0.3 is 5.32 Å². The fourth-order valence-corrected chi connectivity index (χ4v) is 2.30. The van der Waals surface area contributed by atoms with E-state index in [1.165, 1.54) is 12.3 Å². The van der Waals surface area contributed by atoms with Crippen LogP contribution in [0.3, 0.4) is 0 Å². The van der Waals surface area contributed by atoms with Crippen LogP contribution in [-0.4, -0.2) is 4.98 Å². The second kappa shape index (κ2) is 5.33.